The quantitative estimate of drug-likeness (QED) is 0.842. The van der Waals surface area contributed by atoms with Crippen LogP contribution in [0.4, 0.5) is 0 Å². The molecule has 0 saturated heterocycles. The molecule has 0 fully saturated rings. The Morgan fingerprint density at radius 1 is 1.33 bits per heavy atom. The SMILES string of the molecule is CC(C)NS(=O)(=O)c1ccc(C(C#N)CBr)cc1. The van der Waals surface area contributed by atoms with Crippen LogP contribution in [0, 0.1) is 11.3 Å². The van der Waals surface area contributed by atoms with Crippen LogP contribution in [0.15, 0.2) is 29.2 Å². The van der Waals surface area contributed by atoms with E-state index >= 15 is 0 Å². The van der Waals surface area contributed by atoms with Crippen molar-refractivity contribution in [2.24, 2.45) is 0 Å². The van der Waals surface area contributed by atoms with Crippen LogP contribution in [0.3, 0.4) is 0 Å². The van der Waals surface area contributed by atoms with Crippen molar-refractivity contribution >= 4 is 26.0 Å². The van der Waals surface area contributed by atoms with Gasteiger partial charge in [-0.1, -0.05) is 28.1 Å². The lowest BCUT2D eigenvalue weighted by atomic mass is 10.0. The van der Waals surface area contributed by atoms with Gasteiger partial charge in [0, 0.05) is 11.4 Å². The Morgan fingerprint density at radius 3 is 2.28 bits per heavy atom. The molecule has 1 N–H and O–H groups in total. The van der Waals surface area contributed by atoms with E-state index in [4.69, 9.17) is 5.26 Å². The summed E-state index contributed by atoms with van der Waals surface area (Å²) in [5.74, 6) is -0.264. The zero-order valence-corrected chi connectivity index (χ0v) is 12.6. The molecule has 4 nitrogen and oxygen atoms in total. The molecule has 1 atom stereocenters. The maximum atomic E-state index is 11.9. The molecule has 0 spiro atoms. The second kappa shape index (κ2) is 6.32. The summed E-state index contributed by atoms with van der Waals surface area (Å²) in [6.45, 7) is 3.53. The zero-order chi connectivity index (χ0) is 13.8. The first-order valence-electron chi connectivity index (χ1n) is 5.48. The molecule has 0 saturated carbocycles. The Hall–Kier alpha value is -0.900. The minimum atomic E-state index is -3.46. The number of benzene rings is 1. The molecule has 1 rings (SSSR count). The Bertz CT molecular complexity index is 532. The highest BCUT2D eigenvalue weighted by molar-refractivity contribution is 9.09. The molecule has 1 aromatic rings. The van der Waals surface area contributed by atoms with E-state index < -0.39 is 10.0 Å². The third-order valence-corrected chi connectivity index (χ3v) is 4.62. The smallest absolute Gasteiger partial charge is 0.209 e. The number of hydrogen-bond donors (Lipinski definition) is 1. The summed E-state index contributed by atoms with van der Waals surface area (Å²) < 4.78 is 26.3. The van der Waals surface area contributed by atoms with Crippen molar-refractivity contribution in [3.05, 3.63) is 29.8 Å². The van der Waals surface area contributed by atoms with Crippen LogP contribution in [0.1, 0.15) is 25.3 Å². The fraction of sp³-hybridized carbons (Fsp3) is 0.417. The van der Waals surface area contributed by atoms with Gasteiger partial charge in [0.25, 0.3) is 0 Å². The minimum Gasteiger partial charge on any atom is -0.209 e. The van der Waals surface area contributed by atoms with Crippen molar-refractivity contribution in [3.8, 4) is 6.07 Å². The number of rotatable bonds is 5. The van der Waals surface area contributed by atoms with E-state index in [2.05, 4.69) is 26.7 Å². The lowest BCUT2D eigenvalue weighted by Crippen LogP contribution is -2.30. The molecular weight excluding hydrogens is 316 g/mol. The van der Waals surface area contributed by atoms with Crippen LogP contribution in [-0.4, -0.2) is 19.8 Å². The molecule has 0 aliphatic heterocycles. The van der Waals surface area contributed by atoms with Crippen LogP contribution in [0.2, 0.25) is 0 Å². The summed E-state index contributed by atoms with van der Waals surface area (Å²) in [6, 6.07) is 8.38. The number of halogens is 1. The van der Waals surface area contributed by atoms with Gasteiger partial charge >= 0.3 is 0 Å². The fourth-order valence-corrected chi connectivity index (χ4v) is 3.23. The summed E-state index contributed by atoms with van der Waals surface area (Å²) in [7, 11) is -3.46. The normalized spacial score (nSPS) is 13.3. The van der Waals surface area contributed by atoms with Crippen molar-refractivity contribution in [1.82, 2.24) is 4.72 Å². The number of nitriles is 1. The van der Waals surface area contributed by atoms with E-state index in [1.54, 1.807) is 26.0 Å². The van der Waals surface area contributed by atoms with Gasteiger partial charge in [-0.2, -0.15) is 5.26 Å². The number of sulfonamides is 1. The highest BCUT2D eigenvalue weighted by atomic mass is 79.9. The lowest BCUT2D eigenvalue weighted by molar-refractivity contribution is 0.570. The van der Waals surface area contributed by atoms with Gasteiger partial charge in [-0.25, -0.2) is 13.1 Å². The summed E-state index contributed by atoms with van der Waals surface area (Å²) in [4.78, 5) is 0.214. The molecule has 6 heteroatoms. The van der Waals surface area contributed by atoms with Gasteiger partial charge in [0.05, 0.1) is 16.9 Å². The van der Waals surface area contributed by atoms with Crippen molar-refractivity contribution in [3.63, 3.8) is 0 Å². The van der Waals surface area contributed by atoms with Crippen molar-refractivity contribution in [2.75, 3.05) is 5.33 Å². The second-order valence-corrected chi connectivity index (χ2v) is 6.54. The van der Waals surface area contributed by atoms with Crippen LogP contribution < -0.4 is 4.72 Å². The van der Waals surface area contributed by atoms with Crippen LogP contribution in [0.25, 0.3) is 0 Å². The first-order chi connectivity index (χ1) is 8.40. The van der Waals surface area contributed by atoms with E-state index in [0.29, 0.717) is 5.33 Å². The van der Waals surface area contributed by atoms with Gasteiger partial charge in [-0.15, -0.1) is 0 Å². The molecule has 0 aliphatic carbocycles. The van der Waals surface area contributed by atoms with Gasteiger partial charge < -0.3 is 0 Å². The average molecular weight is 331 g/mol. The average Bonchev–Trinajstić information content (AvgIpc) is 2.29. The van der Waals surface area contributed by atoms with E-state index in [1.807, 2.05) is 0 Å². The molecule has 18 heavy (non-hydrogen) atoms. The van der Waals surface area contributed by atoms with E-state index in [0.717, 1.165) is 5.56 Å². The van der Waals surface area contributed by atoms with E-state index in [-0.39, 0.29) is 16.9 Å². The van der Waals surface area contributed by atoms with Crippen LogP contribution in [-0.2, 0) is 10.0 Å². The van der Waals surface area contributed by atoms with Crippen LogP contribution in [0.5, 0.6) is 0 Å². The van der Waals surface area contributed by atoms with E-state index in [1.165, 1.54) is 12.1 Å². The Balaban J connectivity index is 3.00. The molecule has 98 valence electrons. The third-order valence-electron chi connectivity index (χ3n) is 2.29. The predicted molar refractivity (Wildman–Crippen MR) is 74.0 cm³/mol. The number of hydrogen-bond acceptors (Lipinski definition) is 3. The molecule has 1 aromatic carbocycles. The fourth-order valence-electron chi connectivity index (χ4n) is 1.46. The minimum absolute atomic E-state index is 0.149. The summed E-state index contributed by atoms with van der Waals surface area (Å²) in [5, 5.41) is 9.44. The van der Waals surface area contributed by atoms with Gasteiger partial charge in [0.1, 0.15) is 0 Å². The molecule has 0 aromatic heterocycles. The van der Waals surface area contributed by atoms with Crippen molar-refractivity contribution in [2.45, 2.75) is 30.7 Å². The summed E-state index contributed by atoms with van der Waals surface area (Å²) in [6.07, 6.45) is 0. The Kier molecular flexibility index (Phi) is 5.32. The monoisotopic (exact) mass is 330 g/mol. The van der Waals surface area contributed by atoms with Gasteiger partial charge in [-0.3, -0.25) is 0 Å². The Labute approximate surface area is 116 Å². The van der Waals surface area contributed by atoms with Gasteiger partial charge in [0.2, 0.25) is 10.0 Å². The number of nitrogens with one attached hydrogen (secondary N) is 1. The first-order valence-corrected chi connectivity index (χ1v) is 8.09. The maximum Gasteiger partial charge on any atom is 0.240 e. The molecule has 0 aliphatic rings. The second-order valence-electron chi connectivity index (χ2n) is 4.18. The summed E-state index contributed by atoms with van der Waals surface area (Å²) in [5.41, 5.74) is 0.804. The summed E-state index contributed by atoms with van der Waals surface area (Å²) >= 11 is 3.25. The first kappa shape index (κ1) is 15.2. The number of alkyl halides is 1. The third kappa shape index (κ3) is 3.80. The van der Waals surface area contributed by atoms with Crippen molar-refractivity contribution in [1.29, 1.82) is 5.26 Å². The molecule has 0 radical (unpaired) electrons. The number of nitrogens with zero attached hydrogens (tertiary/aromatic N) is 1. The maximum absolute atomic E-state index is 11.9. The molecule has 1 unspecified atom stereocenters. The molecular formula is C12H15BrN2O2S. The molecule has 0 heterocycles. The Morgan fingerprint density at radius 2 is 1.89 bits per heavy atom. The lowest BCUT2D eigenvalue weighted by Gasteiger charge is -2.11. The largest absolute Gasteiger partial charge is 0.240 e. The van der Waals surface area contributed by atoms with Gasteiger partial charge in [-0.05, 0) is 31.5 Å². The topological polar surface area (TPSA) is 70.0 Å². The highest BCUT2D eigenvalue weighted by Gasteiger charge is 2.16. The highest BCUT2D eigenvalue weighted by Crippen LogP contribution is 2.19. The van der Waals surface area contributed by atoms with Gasteiger partial charge in [0.15, 0.2) is 0 Å². The zero-order valence-electron chi connectivity index (χ0n) is 10.2. The van der Waals surface area contributed by atoms with E-state index in [9.17, 15) is 8.42 Å². The van der Waals surface area contributed by atoms with Crippen LogP contribution >= 0.6 is 15.9 Å². The molecule has 0 amide bonds. The molecule has 0 bridgehead atoms. The van der Waals surface area contributed by atoms with Crippen molar-refractivity contribution < 1.29 is 8.42 Å². The standard InChI is InChI=1S/C12H15BrN2O2S/c1-9(2)15-18(16,17)12-5-3-10(4-6-12)11(7-13)8-14/h3-6,9,11,15H,7H2,1-2H3. The predicted octanol–water partition coefficient (Wildman–Crippen LogP) is 2.38.